The van der Waals surface area contributed by atoms with E-state index in [2.05, 4.69) is 20.1 Å². The first-order valence-electron chi connectivity index (χ1n) is 7.17. The molecule has 0 aliphatic heterocycles. The predicted molar refractivity (Wildman–Crippen MR) is 87.1 cm³/mol. The second-order valence-electron chi connectivity index (χ2n) is 5.32. The van der Waals surface area contributed by atoms with Crippen molar-refractivity contribution in [2.45, 2.75) is 0 Å². The maximum atomic E-state index is 11.3. The zero-order chi connectivity index (χ0) is 16.8. The molecule has 3 aromatic heterocycles. The van der Waals surface area contributed by atoms with Gasteiger partial charge in [0, 0.05) is 18.6 Å². The molecular formula is C16H13N5O3. The molecule has 3 heterocycles. The Labute approximate surface area is 135 Å². The van der Waals surface area contributed by atoms with Gasteiger partial charge in [-0.15, -0.1) is 0 Å². The van der Waals surface area contributed by atoms with E-state index in [9.17, 15) is 9.90 Å². The van der Waals surface area contributed by atoms with Crippen LogP contribution < -0.4 is 4.74 Å². The zero-order valence-electron chi connectivity index (χ0n) is 12.9. The molecule has 4 rings (SSSR count). The maximum absolute atomic E-state index is 11.3. The minimum absolute atomic E-state index is 0.0807. The number of ether oxygens (including phenoxy) is 1. The molecular weight excluding hydrogens is 310 g/mol. The van der Waals surface area contributed by atoms with Crippen molar-refractivity contribution < 1.29 is 14.6 Å². The Morgan fingerprint density at radius 1 is 1.38 bits per heavy atom. The fourth-order valence-electron chi connectivity index (χ4n) is 2.73. The van der Waals surface area contributed by atoms with Crippen molar-refractivity contribution in [2.75, 3.05) is 7.11 Å². The van der Waals surface area contributed by atoms with Crippen LogP contribution in [0.3, 0.4) is 0 Å². The van der Waals surface area contributed by atoms with Crippen LogP contribution in [0.4, 0.5) is 0 Å². The standard InChI is InChI=1S/C16H13N5O3/c1-21-12-4-3-8(24-2)5-9(12)13(20-21)11-7-18-15-14(19-11)10(6-17-15)16(22)23/h3-7H,1-2H3,(H,17,18)(H,22,23). The molecule has 0 amide bonds. The van der Waals surface area contributed by atoms with E-state index >= 15 is 0 Å². The number of nitrogens with one attached hydrogen (secondary N) is 1. The SMILES string of the molecule is COc1ccc2c(c1)c(-c1cnc3[nH]cc(C(=O)O)c3n1)nn2C. The van der Waals surface area contributed by atoms with Gasteiger partial charge >= 0.3 is 5.97 Å². The van der Waals surface area contributed by atoms with Gasteiger partial charge in [0.15, 0.2) is 5.65 Å². The lowest BCUT2D eigenvalue weighted by atomic mass is 10.1. The molecule has 0 fully saturated rings. The summed E-state index contributed by atoms with van der Waals surface area (Å²) in [5.74, 6) is -0.348. The Morgan fingerprint density at radius 3 is 2.96 bits per heavy atom. The number of hydrogen-bond acceptors (Lipinski definition) is 5. The summed E-state index contributed by atoms with van der Waals surface area (Å²) in [6.07, 6.45) is 2.96. The van der Waals surface area contributed by atoms with Crippen LogP contribution in [0, 0.1) is 0 Å². The third-order valence-electron chi connectivity index (χ3n) is 3.91. The number of nitrogens with zero attached hydrogens (tertiary/aromatic N) is 4. The van der Waals surface area contributed by atoms with Gasteiger partial charge in [-0.1, -0.05) is 0 Å². The van der Waals surface area contributed by atoms with Crippen LogP contribution in [-0.2, 0) is 7.05 Å². The molecule has 0 saturated heterocycles. The van der Waals surface area contributed by atoms with E-state index in [0.29, 0.717) is 28.3 Å². The number of carbonyl (C=O) groups is 1. The van der Waals surface area contributed by atoms with Crippen LogP contribution in [0.1, 0.15) is 10.4 Å². The van der Waals surface area contributed by atoms with Gasteiger partial charge in [-0.25, -0.2) is 14.8 Å². The molecule has 0 aliphatic rings. The summed E-state index contributed by atoms with van der Waals surface area (Å²) in [4.78, 5) is 22.8. The molecule has 0 atom stereocenters. The number of aromatic nitrogens is 5. The molecule has 4 aromatic rings. The summed E-state index contributed by atoms with van der Waals surface area (Å²) in [5.41, 5.74) is 2.86. The summed E-state index contributed by atoms with van der Waals surface area (Å²) in [6, 6.07) is 5.64. The number of carboxylic acid groups (broad SMARTS) is 1. The Balaban J connectivity index is 1.98. The van der Waals surface area contributed by atoms with E-state index < -0.39 is 5.97 Å². The Morgan fingerprint density at radius 2 is 2.21 bits per heavy atom. The van der Waals surface area contributed by atoms with Crippen molar-refractivity contribution in [1.29, 1.82) is 0 Å². The number of carboxylic acids is 1. The predicted octanol–water partition coefficient (Wildman–Crippen LogP) is 2.22. The minimum atomic E-state index is -1.06. The summed E-state index contributed by atoms with van der Waals surface area (Å²) < 4.78 is 7.02. The van der Waals surface area contributed by atoms with Gasteiger partial charge in [-0.2, -0.15) is 5.10 Å². The number of aromatic amines is 1. The van der Waals surface area contributed by atoms with Crippen molar-refractivity contribution in [3.8, 4) is 17.1 Å². The number of hydrogen-bond donors (Lipinski definition) is 2. The third-order valence-corrected chi connectivity index (χ3v) is 3.91. The number of H-pyrrole nitrogens is 1. The maximum Gasteiger partial charge on any atom is 0.339 e. The van der Waals surface area contributed by atoms with Crippen molar-refractivity contribution in [1.82, 2.24) is 24.7 Å². The van der Waals surface area contributed by atoms with Crippen LogP contribution in [0.5, 0.6) is 5.75 Å². The first-order chi connectivity index (χ1) is 11.6. The number of aryl methyl sites for hydroxylation is 1. The van der Waals surface area contributed by atoms with Crippen molar-refractivity contribution in [2.24, 2.45) is 7.05 Å². The van der Waals surface area contributed by atoms with E-state index in [1.165, 1.54) is 6.20 Å². The number of fused-ring (bicyclic) bond motifs is 2. The number of methoxy groups -OCH3 is 1. The Bertz CT molecular complexity index is 1100. The van der Waals surface area contributed by atoms with Gasteiger partial charge in [0.2, 0.25) is 0 Å². The molecule has 0 saturated carbocycles. The van der Waals surface area contributed by atoms with E-state index in [4.69, 9.17) is 4.74 Å². The van der Waals surface area contributed by atoms with Crippen LogP contribution in [0.25, 0.3) is 33.5 Å². The first-order valence-corrected chi connectivity index (χ1v) is 7.17. The summed E-state index contributed by atoms with van der Waals surface area (Å²) in [7, 11) is 3.44. The largest absolute Gasteiger partial charge is 0.497 e. The topological polar surface area (TPSA) is 106 Å². The Hall–Kier alpha value is -3.42. The third kappa shape index (κ3) is 2.00. The quantitative estimate of drug-likeness (QED) is 0.599. The summed E-state index contributed by atoms with van der Waals surface area (Å²) in [6.45, 7) is 0. The van der Waals surface area contributed by atoms with Crippen molar-refractivity contribution in [3.05, 3.63) is 36.2 Å². The highest BCUT2D eigenvalue weighted by atomic mass is 16.5. The molecule has 0 aliphatic carbocycles. The molecule has 0 radical (unpaired) electrons. The molecule has 120 valence electrons. The molecule has 24 heavy (non-hydrogen) atoms. The normalized spacial score (nSPS) is 11.2. The van der Waals surface area contributed by atoms with Crippen molar-refractivity contribution >= 4 is 28.0 Å². The van der Waals surface area contributed by atoms with Crippen LogP contribution in [-0.4, -0.2) is 42.9 Å². The van der Waals surface area contributed by atoms with Crippen molar-refractivity contribution in [3.63, 3.8) is 0 Å². The lowest BCUT2D eigenvalue weighted by molar-refractivity contribution is 0.0699. The van der Waals surface area contributed by atoms with Gasteiger partial charge in [0.05, 0.1) is 18.8 Å². The first kappa shape index (κ1) is 14.2. The van der Waals surface area contributed by atoms with Gasteiger partial charge in [-0.3, -0.25) is 4.68 Å². The number of rotatable bonds is 3. The van der Waals surface area contributed by atoms with Crippen LogP contribution in [0.15, 0.2) is 30.6 Å². The highest BCUT2D eigenvalue weighted by molar-refractivity contribution is 6.01. The molecule has 0 unspecified atom stereocenters. The van der Waals surface area contributed by atoms with Gasteiger partial charge in [-0.05, 0) is 18.2 Å². The Kier molecular flexibility index (Phi) is 2.99. The number of benzene rings is 1. The minimum Gasteiger partial charge on any atom is -0.497 e. The highest BCUT2D eigenvalue weighted by Crippen LogP contribution is 2.30. The second-order valence-corrected chi connectivity index (χ2v) is 5.32. The molecule has 0 spiro atoms. The molecule has 8 heteroatoms. The van der Waals surface area contributed by atoms with Gasteiger partial charge < -0.3 is 14.8 Å². The van der Waals surface area contributed by atoms with Gasteiger partial charge in [0.1, 0.15) is 28.2 Å². The van der Waals surface area contributed by atoms with E-state index in [0.717, 1.165) is 10.9 Å². The van der Waals surface area contributed by atoms with Crippen LogP contribution >= 0.6 is 0 Å². The lowest BCUT2D eigenvalue weighted by Gasteiger charge is -2.01. The summed E-state index contributed by atoms with van der Waals surface area (Å²) in [5, 5.41) is 14.6. The summed E-state index contributed by atoms with van der Waals surface area (Å²) >= 11 is 0. The molecule has 0 bridgehead atoms. The van der Waals surface area contributed by atoms with E-state index in [1.807, 2.05) is 25.2 Å². The lowest BCUT2D eigenvalue weighted by Crippen LogP contribution is -1.97. The molecule has 1 aromatic carbocycles. The van der Waals surface area contributed by atoms with Gasteiger partial charge in [0.25, 0.3) is 0 Å². The monoisotopic (exact) mass is 323 g/mol. The second kappa shape index (κ2) is 5.05. The zero-order valence-corrected chi connectivity index (χ0v) is 12.9. The average Bonchev–Trinajstić information content (AvgIpc) is 3.15. The van der Waals surface area contributed by atoms with Crippen LogP contribution in [0.2, 0.25) is 0 Å². The molecule has 2 N–H and O–H groups in total. The fourth-order valence-corrected chi connectivity index (χ4v) is 2.73. The fraction of sp³-hybridized carbons (Fsp3) is 0.125. The molecule has 8 nitrogen and oxygen atoms in total. The number of aromatic carboxylic acids is 1. The highest BCUT2D eigenvalue weighted by Gasteiger charge is 2.17. The average molecular weight is 323 g/mol. The van der Waals surface area contributed by atoms with E-state index in [-0.39, 0.29) is 5.56 Å². The van der Waals surface area contributed by atoms with E-state index in [1.54, 1.807) is 18.0 Å². The smallest absolute Gasteiger partial charge is 0.339 e.